The summed E-state index contributed by atoms with van der Waals surface area (Å²) in [7, 11) is -3.72. The standard InChI is InChI=1S/C32H31ClF4N6O4S/c33-26-22(35)4-3-17-9-19(44)10-20(24(17)26)25-23(36)11-21-28(27(25)37)39-30(47-16-32-6-2-8-43(32)13-18(34)12-32)40-29(21)42-7-1-5-31(15-42)14-38-48(45,46)41-31/h3-4,9-11,18,38,41,44H,1-2,5-8,12-16H2/t18-,31?,32+/m1/s1. The van der Waals surface area contributed by atoms with E-state index in [9.17, 15) is 22.3 Å². The second kappa shape index (κ2) is 11.3. The van der Waals surface area contributed by atoms with Gasteiger partial charge in [-0.3, -0.25) is 4.90 Å². The van der Waals surface area contributed by atoms with Gasteiger partial charge in [-0.2, -0.15) is 23.1 Å². The smallest absolute Gasteiger partial charge is 0.319 e. The third-order valence-corrected chi connectivity index (χ3v) is 11.8. The van der Waals surface area contributed by atoms with Gasteiger partial charge in [0.15, 0.2) is 5.82 Å². The fourth-order valence-electron chi connectivity index (χ4n) is 8.07. The highest BCUT2D eigenvalue weighted by Crippen LogP contribution is 2.44. The number of aromatic nitrogens is 2. The van der Waals surface area contributed by atoms with Gasteiger partial charge in [0.2, 0.25) is 0 Å². The summed E-state index contributed by atoms with van der Waals surface area (Å²) in [5, 5.41) is 10.4. The van der Waals surface area contributed by atoms with Crippen LogP contribution < -0.4 is 19.1 Å². The molecule has 3 aromatic carbocycles. The van der Waals surface area contributed by atoms with E-state index in [0.29, 0.717) is 32.4 Å². The predicted molar refractivity (Wildman–Crippen MR) is 172 cm³/mol. The molecule has 4 aliphatic rings. The van der Waals surface area contributed by atoms with E-state index in [1.54, 1.807) is 4.90 Å². The van der Waals surface area contributed by atoms with Gasteiger partial charge in [0.1, 0.15) is 41.5 Å². The molecule has 0 amide bonds. The molecule has 4 aliphatic heterocycles. The zero-order valence-electron chi connectivity index (χ0n) is 25.5. The number of fused-ring (bicyclic) bond motifs is 3. The van der Waals surface area contributed by atoms with Crippen LogP contribution in [0, 0.1) is 17.5 Å². The Balaban J connectivity index is 1.29. The van der Waals surface area contributed by atoms with Crippen LogP contribution in [0.25, 0.3) is 32.8 Å². The molecule has 254 valence electrons. The Morgan fingerprint density at radius 1 is 1.08 bits per heavy atom. The number of piperidine rings is 1. The van der Waals surface area contributed by atoms with Crippen molar-refractivity contribution in [1.29, 1.82) is 0 Å². The fraction of sp³-hybridized carbons (Fsp3) is 0.438. The average Bonchev–Trinajstić information content (AvgIpc) is 3.66. The summed E-state index contributed by atoms with van der Waals surface area (Å²) in [6.07, 6.45) is 1.93. The molecule has 8 rings (SSSR count). The maximum absolute atomic E-state index is 16.9. The van der Waals surface area contributed by atoms with E-state index in [2.05, 4.69) is 24.3 Å². The molecule has 1 spiro atoms. The average molecular weight is 707 g/mol. The molecular formula is C32H31ClF4N6O4S. The molecule has 0 radical (unpaired) electrons. The Labute approximate surface area is 278 Å². The lowest BCUT2D eigenvalue weighted by atomic mass is 9.90. The molecule has 4 fully saturated rings. The number of halogens is 5. The van der Waals surface area contributed by atoms with Crippen LogP contribution in [0.4, 0.5) is 23.4 Å². The van der Waals surface area contributed by atoms with Gasteiger partial charge >= 0.3 is 6.01 Å². The topological polar surface area (TPSA) is 120 Å². The summed E-state index contributed by atoms with van der Waals surface area (Å²) in [4.78, 5) is 12.8. The van der Waals surface area contributed by atoms with Crippen LogP contribution in [0.1, 0.15) is 32.1 Å². The molecule has 10 nitrogen and oxygen atoms in total. The number of ether oxygens (including phenoxy) is 1. The number of phenolic OH excluding ortho intramolecular Hbond substituents is 1. The largest absolute Gasteiger partial charge is 0.508 e. The lowest BCUT2D eigenvalue weighted by Gasteiger charge is -2.40. The molecule has 0 saturated carbocycles. The second-order valence-electron chi connectivity index (χ2n) is 13.3. The number of aromatic hydroxyl groups is 1. The highest BCUT2D eigenvalue weighted by atomic mass is 35.5. The van der Waals surface area contributed by atoms with Crippen LogP contribution >= 0.6 is 11.6 Å². The summed E-state index contributed by atoms with van der Waals surface area (Å²) in [6, 6.07) is 5.70. The highest BCUT2D eigenvalue weighted by Gasteiger charge is 2.50. The van der Waals surface area contributed by atoms with Crippen LogP contribution in [0.15, 0.2) is 30.3 Å². The van der Waals surface area contributed by atoms with E-state index < -0.39 is 50.5 Å². The normalized spacial score (nSPS) is 27.0. The number of phenols is 1. The van der Waals surface area contributed by atoms with Gasteiger partial charge in [0.05, 0.1) is 21.7 Å². The summed E-state index contributed by atoms with van der Waals surface area (Å²) in [5.41, 5.74) is -2.52. The highest BCUT2D eigenvalue weighted by molar-refractivity contribution is 7.87. The molecule has 3 N–H and O–H groups in total. The first-order chi connectivity index (χ1) is 22.9. The number of hydrogen-bond donors (Lipinski definition) is 3. The Morgan fingerprint density at radius 2 is 1.90 bits per heavy atom. The number of hydrogen-bond acceptors (Lipinski definition) is 8. The van der Waals surface area contributed by atoms with Crippen molar-refractivity contribution < 1.29 is 35.8 Å². The minimum absolute atomic E-state index is 0.000885. The predicted octanol–water partition coefficient (Wildman–Crippen LogP) is 4.96. The van der Waals surface area contributed by atoms with Gasteiger partial charge in [0, 0.05) is 48.9 Å². The summed E-state index contributed by atoms with van der Waals surface area (Å²) >= 11 is 6.31. The summed E-state index contributed by atoms with van der Waals surface area (Å²) < 4.78 is 98.1. The monoisotopic (exact) mass is 706 g/mol. The van der Waals surface area contributed by atoms with Crippen molar-refractivity contribution in [2.24, 2.45) is 0 Å². The van der Waals surface area contributed by atoms with Crippen molar-refractivity contribution in [2.75, 3.05) is 44.2 Å². The molecule has 1 unspecified atom stereocenters. The lowest BCUT2D eigenvalue weighted by Crippen LogP contribution is -2.56. The maximum atomic E-state index is 16.9. The number of nitrogens with one attached hydrogen (secondary N) is 2. The molecule has 4 aromatic rings. The summed E-state index contributed by atoms with van der Waals surface area (Å²) in [6.45, 7) is 1.73. The van der Waals surface area contributed by atoms with Crippen LogP contribution in [-0.2, 0) is 10.2 Å². The molecule has 16 heteroatoms. The number of rotatable bonds is 5. The number of nitrogens with zero attached hydrogens (tertiary/aromatic N) is 4. The van der Waals surface area contributed by atoms with E-state index >= 15 is 8.78 Å². The van der Waals surface area contributed by atoms with E-state index in [4.69, 9.17) is 16.3 Å². The molecule has 3 atom stereocenters. The van der Waals surface area contributed by atoms with Crippen molar-refractivity contribution in [2.45, 2.75) is 49.4 Å². The molecule has 5 heterocycles. The van der Waals surface area contributed by atoms with E-state index in [1.165, 1.54) is 12.1 Å². The van der Waals surface area contributed by atoms with Crippen LogP contribution in [0.5, 0.6) is 11.8 Å². The molecule has 48 heavy (non-hydrogen) atoms. The molecule has 4 saturated heterocycles. The number of alkyl halides is 1. The van der Waals surface area contributed by atoms with Crippen molar-refractivity contribution in [3.05, 3.63) is 52.8 Å². The fourth-order valence-corrected chi connectivity index (χ4v) is 9.69. The quantitative estimate of drug-likeness (QED) is 0.250. The first-order valence-electron chi connectivity index (χ1n) is 15.7. The van der Waals surface area contributed by atoms with Gasteiger partial charge in [-0.25, -0.2) is 22.3 Å². The van der Waals surface area contributed by atoms with E-state index in [0.717, 1.165) is 31.2 Å². The molecule has 0 bridgehead atoms. The first kappa shape index (κ1) is 31.7. The number of anilines is 1. The Morgan fingerprint density at radius 3 is 2.69 bits per heavy atom. The van der Waals surface area contributed by atoms with Gasteiger partial charge in [-0.15, -0.1) is 0 Å². The lowest BCUT2D eigenvalue weighted by molar-refractivity contribution is 0.107. The Bertz CT molecular complexity index is 2110. The van der Waals surface area contributed by atoms with Gasteiger partial charge in [-0.1, -0.05) is 17.7 Å². The van der Waals surface area contributed by atoms with Crippen LogP contribution in [-0.4, -0.2) is 85.0 Å². The van der Waals surface area contributed by atoms with Crippen molar-refractivity contribution >= 4 is 49.3 Å². The SMILES string of the molecule is O=S1(=O)NCC2(CCCN(c3nc(OC[C@@]45CCCN4C[C@H](F)C5)nc4c(F)c(-c5cc(O)cc6ccc(F)c(Cl)c56)c(F)cc34)C2)N1. The van der Waals surface area contributed by atoms with Crippen molar-refractivity contribution in [3.8, 4) is 22.9 Å². The maximum Gasteiger partial charge on any atom is 0.319 e. The Kier molecular flexibility index (Phi) is 7.45. The van der Waals surface area contributed by atoms with Gasteiger partial charge in [0.25, 0.3) is 10.2 Å². The van der Waals surface area contributed by atoms with Gasteiger partial charge < -0.3 is 14.7 Å². The molecule has 1 aromatic heterocycles. The van der Waals surface area contributed by atoms with Crippen LogP contribution in [0.3, 0.4) is 0 Å². The van der Waals surface area contributed by atoms with Crippen molar-refractivity contribution in [1.82, 2.24) is 24.3 Å². The first-order valence-corrected chi connectivity index (χ1v) is 17.6. The van der Waals surface area contributed by atoms with E-state index in [-0.39, 0.29) is 76.0 Å². The van der Waals surface area contributed by atoms with Gasteiger partial charge in [-0.05, 0) is 61.9 Å². The third-order valence-electron chi connectivity index (χ3n) is 10.2. The Hall–Kier alpha value is -3.50. The third kappa shape index (κ3) is 5.21. The number of benzene rings is 3. The summed E-state index contributed by atoms with van der Waals surface area (Å²) in [5.74, 6) is -3.16. The van der Waals surface area contributed by atoms with Crippen LogP contribution in [0.2, 0.25) is 5.02 Å². The molecular weight excluding hydrogens is 676 g/mol. The minimum atomic E-state index is -3.72. The van der Waals surface area contributed by atoms with Crippen molar-refractivity contribution in [3.63, 3.8) is 0 Å². The van der Waals surface area contributed by atoms with E-state index in [1.807, 2.05) is 0 Å². The minimum Gasteiger partial charge on any atom is -0.508 e. The second-order valence-corrected chi connectivity index (χ2v) is 15.2. The zero-order chi connectivity index (χ0) is 33.6. The zero-order valence-corrected chi connectivity index (χ0v) is 27.1. The molecule has 0 aliphatic carbocycles.